The molecule has 0 aliphatic carbocycles. The molecule has 20 nitrogen and oxygen atoms in total. The van der Waals surface area contributed by atoms with E-state index < -0.39 is 40.1 Å². The average molecular weight is 888 g/mol. The van der Waals surface area contributed by atoms with Gasteiger partial charge < -0.3 is 29.9 Å². The van der Waals surface area contributed by atoms with Gasteiger partial charge in [0.2, 0.25) is 40.1 Å². The van der Waals surface area contributed by atoms with Crippen LogP contribution in [0.15, 0.2) is 92.4 Å². The summed E-state index contributed by atoms with van der Waals surface area (Å²) in [6.45, 7) is 0. The van der Waals surface area contributed by atoms with Crippen LogP contribution in [0.3, 0.4) is 0 Å². The van der Waals surface area contributed by atoms with Crippen molar-refractivity contribution in [3.63, 3.8) is 0 Å². The minimum atomic E-state index is -4.22. The maximum Gasteiger partial charge on any atom is 2.00 e. The standard InChI is InChI=1S/C32H20N12O8S4.Co/c33-53(45,46)13-1-5-17-21(9-13)29-37-25(17)41-30-22-10-14(54(34,47)48)2-6-18(22)27(38-30)43-32-24-12-16(56(36,51)52)4-8-20(24)28(40-32)44-31-23-11-15(55(35,49)50)3-7-19(23)26(39-31)42-29;/h1-12H,(H8-2,33,34,35,36,37,38,39,40,41,42,43,44,45,46,47,48,49,50,51,52);/q-2;+2. The fourth-order valence-corrected chi connectivity index (χ4v) is 8.45. The van der Waals surface area contributed by atoms with Crippen molar-refractivity contribution in [1.29, 1.82) is 0 Å². The van der Waals surface area contributed by atoms with E-state index in [1.54, 1.807) is 0 Å². The summed E-state index contributed by atoms with van der Waals surface area (Å²) >= 11 is 0. The number of hydrogen-bond donors (Lipinski definition) is 4. The first kappa shape index (κ1) is 38.3. The van der Waals surface area contributed by atoms with Gasteiger partial charge in [0.1, 0.15) is 0 Å². The van der Waals surface area contributed by atoms with Crippen LogP contribution in [-0.2, 0) is 56.9 Å². The smallest absolute Gasteiger partial charge is 0.357 e. The third-order valence-electron chi connectivity index (χ3n) is 8.90. The fourth-order valence-electron chi connectivity index (χ4n) is 6.29. The van der Waals surface area contributed by atoms with Crippen molar-refractivity contribution in [3.05, 3.63) is 72.8 Å². The second kappa shape index (κ2) is 12.7. The minimum absolute atomic E-state index is 0. The molecule has 0 amide bonds. The summed E-state index contributed by atoms with van der Waals surface area (Å²) in [6.07, 6.45) is 0. The molecule has 2 aliphatic heterocycles. The molecule has 2 aliphatic rings. The number of primary sulfonamides is 4. The molecular formula is C32H20CoN12O8S4. The predicted octanol–water partition coefficient (Wildman–Crippen LogP) is 0.715. The molecule has 0 atom stereocenters. The van der Waals surface area contributed by atoms with Gasteiger partial charge in [0.05, 0.1) is 42.9 Å². The van der Waals surface area contributed by atoms with Gasteiger partial charge in [-0.15, -0.1) is 0 Å². The summed E-state index contributed by atoms with van der Waals surface area (Å²) in [5.41, 5.74) is 0.648. The third-order valence-corrected chi connectivity index (χ3v) is 12.5. The van der Waals surface area contributed by atoms with E-state index >= 15 is 0 Å². The van der Waals surface area contributed by atoms with Crippen LogP contribution >= 0.6 is 0 Å². The van der Waals surface area contributed by atoms with Crippen LogP contribution in [0.4, 0.5) is 0 Å². The molecule has 1 radical (unpaired) electrons. The Morgan fingerprint density at radius 3 is 0.965 bits per heavy atom. The topological polar surface area (TPSA) is 346 Å². The Morgan fingerprint density at radius 1 is 0.351 bits per heavy atom. The molecule has 8 N–H and O–H groups in total. The summed E-state index contributed by atoms with van der Waals surface area (Å²) in [7, 11) is -16.9. The third kappa shape index (κ3) is 6.53. The Balaban J connectivity index is 0.00000455. The number of hydrogen-bond acceptors (Lipinski definition) is 14. The van der Waals surface area contributed by atoms with Gasteiger partial charge >= 0.3 is 16.8 Å². The van der Waals surface area contributed by atoms with E-state index in [2.05, 4.69) is 39.9 Å². The molecule has 5 heterocycles. The van der Waals surface area contributed by atoms with Crippen LogP contribution in [-0.4, -0.2) is 63.6 Å². The minimum Gasteiger partial charge on any atom is -0.357 e. The van der Waals surface area contributed by atoms with Crippen LogP contribution < -0.4 is 30.5 Å². The van der Waals surface area contributed by atoms with Crippen molar-refractivity contribution in [2.75, 3.05) is 0 Å². The first-order valence-corrected chi connectivity index (χ1v) is 21.8. The Labute approximate surface area is 331 Å². The first-order chi connectivity index (χ1) is 26.2. The number of fused-ring (bicyclic) bond motifs is 20. The van der Waals surface area contributed by atoms with E-state index in [1.165, 1.54) is 72.8 Å². The van der Waals surface area contributed by atoms with Crippen LogP contribution in [0.2, 0.25) is 0 Å². The second-order valence-corrected chi connectivity index (χ2v) is 18.7. The van der Waals surface area contributed by atoms with E-state index in [1.807, 2.05) is 0 Å². The number of aromatic nitrogens is 8. The zero-order valence-corrected chi connectivity index (χ0v) is 32.4. The quantitative estimate of drug-likeness (QED) is 0.189. The van der Waals surface area contributed by atoms with E-state index in [4.69, 9.17) is 20.6 Å². The van der Waals surface area contributed by atoms with Gasteiger partial charge in [0.25, 0.3) is 0 Å². The number of benzene rings is 4. The zero-order chi connectivity index (χ0) is 39.7. The Kier molecular flexibility index (Phi) is 8.52. The molecule has 0 saturated heterocycles. The Hall–Kier alpha value is -5.61. The normalized spacial score (nSPS) is 13.0. The maximum atomic E-state index is 12.4. The van der Waals surface area contributed by atoms with Crippen LogP contribution in [0.25, 0.3) is 89.7 Å². The summed E-state index contributed by atoms with van der Waals surface area (Å²) in [5, 5.41) is 22.7. The van der Waals surface area contributed by atoms with E-state index in [0.717, 1.165) is 0 Å². The van der Waals surface area contributed by atoms with Gasteiger partial charge in [-0.05, 0) is 70.1 Å². The van der Waals surface area contributed by atoms with Crippen LogP contribution in [0.1, 0.15) is 0 Å². The molecule has 289 valence electrons. The van der Waals surface area contributed by atoms with Crippen molar-refractivity contribution in [2.24, 2.45) is 20.6 Å². The predicted molar refractivity (Wildman–Crippen MR) is 199 cm³/mol. The molecule has 0 fully saturated rings. The molecular weight excluding hydrogens is 868 g/mol. The van der Waals surface area contributed by atoms with E-state index in [9.17, 15) is 33.7 Å². The van der Waals surface area contributed by atoms with Crippen molar-refractivity contribution >= 4 is 84.2 Å². The molecule has 9 rings (SSSR count). The number of sulfonamides is 4. The maximum absolute atomic E-state index is 12.4. The summed E-state index contributed by atoms with van der Waals surface area (Å²) in [6, 6.07) is 15.5. The van der Waals surface area contributed by atoms with Crippen LogP contribution in [0.5, 0.6) is 0 Å². The Morgan fingerprint density at radius 2 is 0.632 bits per heavy atom. The molecule has 25 heteroatoms. The molecule has 4 aromatic carbocycles. The first-order valence-electron chi connectivity index (χ1n) is 15.6. The molecule has 0 saturated carbocycles. The largest absolute Gasteiger partial charge is 2.00 e. The van der Waals surface area contributed by atoms with E-state index in [0.29, 0.717) is 0 Å². The molecule has 0 unspecified atom stereocenters. The Bertz CT molecular complexity index is 3380. The van der Waals surface area contributed by atoms with Crippen molar-refractivity contribution in [1.82, 2.24) is 39.9 Å². The monoisotopic (exact) mass is 887 g/mol. The molecule has 3 aromatic heterocycles. The van der Waals surface area contributed by atoms with Gasteiger partial charge in [0, 0.05) is 44.8 Å². The fraction of sp³-hybridized carbons (Fsp3) is 0. The van der Waals surface area contributed by atoms with Gasteiger partial charge in [-0.2, -0.15) is 0 Å². The SMILES string of the molecule is NS(=O)(=O)c1ccc2c(c1)-c1nc-2nc2[n-]c(nc3nc(nc4[n-]c(n1)c1ccc(S(N)(=O)=O)cc41)-c1ccc(S(N)(=O)=O)cc1-3)c1ccc(S(N)(=O)=O)cc21.[Co+2]. The summed E-state index contributed by atoms with van der Waals surface area (Å²) in [5.74, 6) is -0.238. The van der Waals surface area contributed by atoms with Crippen molar-refractivity contribution < 1.29 is 50.4 Å². The second-order valence-electron chi connectivity index (χ2n) is 12.5. The number of rotatable bonds is 4. The van der Waals surface area contributed by atoms with Gasteiger partial charge in [-0.25, -0.2) is 64.2 Å². The summed E-state index contributed by atoms with van der Waals surface area (Å²) < 4.78 is 99.3. The van der Waals surface area contributed by atoms with Crippen LogP contribution in [0, 0.1) is 0 Å². The van der Waals surface area contributed by atoms with Gasteiger partial charge in [0.15, 0.2) is 0 Å². The zero-order valence-electron chi connectivity index (χ0n) is 28.0. The molecule has 57 heavy (non-hydrogen) atoms. The van der Waals surface area contributed by atoms with E-state index in [-0.39, 0.29) is 126 Å². The van der Waals surface area contributed by atoms with Crippen molar-refractivity contribution in [3.8, 4) is 45.6 Å². The number of nitrogens with zero attached hydrogens (tertiary/aromatic N) is 8. The number of nitrogens with two attached hydrogens (primary N) is 4. The van der Waals surface area contributed by atoms with Crippen molar-refractivity contribution in [2.45, 2.75) is 19.6 Å². The van der Waals surface area contributed by atoms with Gasteiger partial charge in [-0.3, -0.25) is 0 Å². The average Bonchev–Trinajstić information content (AvgIpc) is 3.84. The molecule has 0 spiro atoms. The van der Waals surface area contributed by atoms with Gasteiger partial charge in [-0.1, -0.05) is 24.3 Å². The summed E-state index contributed by atoms with van der Waals surface area (Å²) in [4.78, 5) is 35.9. The molecule has 8 bridgehead atoms. The molecule has 7 aromatic rings.